The fourth-order valence-electron chi connectivity index (χ4n) is 2.43. The van der Waals surface area contributed by atoms with Gasteiger partial charge in [0.25, 0.3) is 0 Å². The summed E-state index contributed by atoms with van der Waals surface area (Å²) in [5, 5.41) is 0.714. The second-order valence-electron chi connectivity index (χ2n) is 4.95. The number of ether oxygens (including phenoxy) is 1. The van der Waals surface area contributed by atoms with Crippen molar-refractivity contribution < 1.29 is 4.74 Å². The van der Waals surface area contributed by atoms with E-state index < -0.39 is 0 Å². The molecule has 0 bridgehead atoms. The molecular weight excluding hydrogens is 316 g/mol. The van der Waals surface area contributed by atoms with Crippen LogP contribution in [0.15, 0.2) is 48.5 Å². The number of halogens is 1. The number of aromatic nitrogens is 2. The summed E-state index contributed by atoms with van der Waals surface area (Å²) in [7, 11) is 3.61. The van der Waals surface area contributed by atoms with Gasteiger partial charge in [-0.3, -0.25) is 0 Å². The van der Waals surface area contributed by atoms with Gasteiger partial charge in [-0.25, -0.2) is 0 Å². The Kier molecular flexibility index (Phi) is 4.05. The van der Waals surface area contributed by atoms with E-state index in [0.717, 1.165) is 28.3 Å². The second-order valence-corrected chi connectivity index (χ2v) is 5.77. The molecule has 1 heterocycles. The van der Waals surface area contributed by atoms with Crippen LogP contribution in [0.1, 0.15) is 0 Å². The molecule has 0 unspecified atom stereocenters. The van der Waals surface area contributed by atoms with Crippen molar-refractivity contribution in [1.29, 1.82) is 0 Å². The van der Waals surface area contributed by atoms with Gasteiger partial charge in [-0.2, -0.15) is 0 Å². The molecular formula is C17H15ClN2OS. The van der Waals surface area contributed by atoms with Crippen LogP contribution in [0.3, 0.4) is 0 Å². The number of imidazole rings is 1. The quantitative estimate of drug-likeness (QED) is 0.679. The number of benzene rings is 2. The van der Waals surface area contributed by atoms with Crippen molar-refractivity contribution in [2.45, 2.75) is 0 Å². The molecule has 0 fully saturated rings. The molecule has 1 aromatic heterocycles. The number of H-pyrrole nitrogens is 1. The Balaban J connectivity index is 2.17. The van der Waals surface area contributed by atoms with Crippen molar-refractivity contribution in [2.24, 2.45) is 7.05 Å². The van der Waals surface area contributed by atoms with Crippen LogP contribution < -0.4 is 4.74 Å². The minimum absolute atomic E-state index is 0.677. The highest BCUT2D eigenvalue weighted by molar-refractivity contribution is 7.71. The Hall–Kier alpha value is -2.04. The third-order valence-corrected chi connectivity index (χ3v) is 4.23. The van der Waals surface area contributed by atoms with E-state index in [2.05, 4.69) is 4.98 Å². The van der Waals surface area contributed by atoms with Crippen LogP contribution in [-0.2, 0) is 7.05 Å². The first kappa shape index (κ1) is 14.9. The van der Waals surface area contributed by atoms with E-state index in [0.29, 0.717) is 9.79 Å². The number of rotatable bonds is 3. The van der Waals surface area contributed by atoms with Crippen LogP contribution in [-0.4, -0.2) is 16.7 Å². The molecule has 0 saturated heterocycles. The molecule has 112 valence electrons. The Labute approximate surface area is 139 Å². The topological polar surface area (TPSA) is 29.9 Å². The van der Waals surface area contributed by atoms with Gasteiger partial charge < -0.3 is 14.3 Å². The van der Waals surface area contributed by atoms with E-state index >= 15 is 0 Å². The van der Waals surface area contributed by atoms with Gasteiger partial charge in [0.2, 0.25) is 0 Å². The fourth-order valence-corrected chi connectivity index (χ4v) is 2.75. The molecule has 3 aromatic rings. The molecule has 3 nitrogen and oxygen atoms in total. The number of hydrogen-bond donors (Lipinski definition) is 1. The maximum absolute atomic E-state index is 5.99. The second kappa shape index (κ2) is 5.99. The summed E-state index contributed by atoms with van der Waals surface area (Å²) in [4.78, 5) is 3.28. The van der Waals surface area contributed by atoms with Crippen LogP contribution in [0.5, 0.6) is 5.75 Å². The third kappa shape index (κ3) is 2.67. The highest BCUT2D eigenvalue weighted by atomic mass is 35.5. The van der Waals surface area contributed by atoms with Gasteiger partial charge in [0.15, 0.2) is 4.77 Å². The summed E-state index contributed by atoms with van der Waals surface area (Å²) in [6, 6.07) is 15.6. The molecule has 2 aromatic carbocycles. The van der Waals surface area contributed by atoms with E-state index in [1.165, 1.54) is 0 Å². The highest BCUT2D eigenvalue weighted by Gasteiger charge is 2.13. The van der Waals surface area contributed by atoms with Crippen molar-refractivity contribution >= 4 is 23.8 Å². The molecule has 0 aliphatic carbocycles. The largest absolute Gasteiger partial charge is 0.497 e. The van der Waals surface area contributed by atoms with Gasteiger partial charge in [-0.1, -0.05) is 23.7 Å². The Morgan fingerprint density at radius 3 is 2.18 bits per heavy atom. The monoisotopic (exact) mass is 330 g/mol. The number of methoxy groups -OCH3 is 1. The number of nitrogens with zero attached hydrogens (tertiary/aromatic N) is 1. The van der Waals surface area contributed by atoms with Crippen LogP contribution in [0.2, 0.25) is 5.02 Å². The summed E-state index contributed by atoms with van der Waals surface area (Å²) >= 11 is 11.4. The van der Waals surface area contributed by atoms with Crippen molar-refractivity contribution in [3.8, 4) is 28.3 Å². The number of nitrogens with one attached hydrogen (secondary N) is 1. The lowest BCUT2D eigenvalue weighted by molar-refractivity contribution is 0.415. The molecule has 5 heteroatoms. The van der Waals surface area contributed by atoms with Gasteiger partial charge in [-0.05, 0) is 48.6 Å². The number of hydrogen-bond acceptors (Lipinski definition) is 2. The summed E-state index contributed by atoms with van der Waals surface area (Å²) in [6.07, 6.45) is 0. The van der Waals surface area contributed by atoms with Crippen LogP contribution in [0.25, 0.3) is 22.5 Å². The van der Waals surface area contributed by atoms with Crippen molar-refractivity contribution in [3.05, 3.63) is 58.3 Å². The first-order chi connectivity index (χ1) is 10.6. The maximum Gasteiger partial charge on any atom is 0.177 e. The van der Waals surface area contributed by atoms with E-state index in [4.69, 9.17) is 28.6 Å². The summed E-state index contributed by atoms with van der Waals surface area (Å²) in [5.74, 6) is 0.825. The average molecular weight is 331 g/mol. The highest BCUT2D eigenvalue weighted by Crippen LogP contribution is 2.32. The molecule has 0 amide bonds. The molecule has 3 rings (SSSR count). The Morgan fingerprint density at radius 1 is 1.00 bits per heavy atom. The average Bonchev–Trinajstić information content (AvgIpc) is 2.84. The van der Waals surface area contributed by atoms with Crippen molar-refractivity contribution in [3.63, 3.8) is 0 Å². The predicted octanol–water partition coefficient (Wildman–Crippen LogP) is 5.08. The first-order valence-electron chi connectivity index (χ1n) is 6.79. The first-order valence-corrected chi connectivity index (χ1v) is 7.58. The van der Waals surface area contributed by atoms with Crippen LogP contribution >= 0.6 is 23.8 Å². The van der Waals surface area contributed by atoms with Gasteiger partial charge in [0.1, 0.15) is 5.75 Å². The molecule has 0 radical (unpaired) electrons. The van der Waals surface area contributed by atoms with Crippen molar-refractivity contribution in [2.75, 3.05) is 7.11 Å². The minimum atomic E-state index is 0.677. The standard InChI is InChI=1S/C17H15ClN2OS/c1-20-16(12-3-7-13(18)8-4-12)15(19-17(20)22)11-5-9-14(21-2)10-6-11/h3-10H,1-2H3,(H,19,22). The fraction of sp³-hybridized carbons (Fsp3) is 0.118. The van der Waals surface area contributed by atoms with E-state index in [9.17, 15) is 0 Å². The summed E-state index contributed by atoms with van der Waals surface area (Å²) in [6.45, 7) is 0. The molecule has 0 aliphatic rings. The van der Waals surface area contributed by atoms with Gasteiger partial charge in [0.05, 0.1) is 18.5 Å². The van der Waals surface area contributed by atoms with E-state index in [1.807, 2.05) is 60.1 Å². The molecule has 0 saturated carbocycles. The predicted molar refractivity (Wildman–Crippen MR) is 93.0 cm³/mol. The van der Waals surface area contributed by atoms with Gasteiger partial charge in [-0.15, -0.1) is 0 Å². The molecule has 0 aliphatic heterocycles. The van der Waals surface area contributed by atoms with E-state index in [1.54, 1.807) is 7.11 Å². The number of aromatic amines is 1. The molecule has 0 atom stereocenters. The minimum Gasteiger partial charge on any atom is -0.497 e. The lowest BCUT2D eigenvalue weighted by Gasteiger charge is -2.08. The summed E-state index contributed by atoms with van der Waals surface area (Å²) in [5.41, 5.74) is 4.13. The van der Waals surface area contributed by atoms with E-state index in [-0.39, 0.29) is 0 Å². The Bertz CT molecular complexity index is 848. The zero-order valence-electron chi connectivity index (χ0n) is 12.3. The normalized spacial score (nSPS) is 10.7. The molecule has 0 spiro atoms. The molecule has 1 N–H and O–H groups in total. The molecule has 22 heavy (non-hydrogen) atoms. The SMILES string of the molecule is COc1ccc(-c2[nH]c(=S)n(C)c2-c2ccc(Cl)cc2)cc1. The smallest absolute Gasteiger partial charge is 0.177 e. The lowest BCUT2D eigenvalue weighted by Crippen LogP contribution is -1.92. The third-order valence-electron chi connectivity index (χ3n) is 3.61. The van der Waals surface area contributed by atoms with Gasteiger partial charge in [0, 0.05) is 23.2 Å². The zero-order valence-corrected chi connectivity index (χ0v) is 13.8. The van der Waals surface area contributed by atoms with Gasteiger partial charge >= 0.3 is 0 Å². The zero-order chi connectivity index (χ0) is 15.7. The van der Waals surface area contributed by atoms with Crippen LogP contribution in [0, 0.1) is 4.77 Å². The lowest BCUT2D eigenvalue weighted by atomic mass is 10.0. The Morgan fingerprint density at radius 2 is 1.59 bits per heavy atom. The maximum atomic E-state index is 5.99. The van der Waals surface area contributed by atoms with Crippen LogP contribution in [0.4, 0.5) is 0 Å². The summed E-state index contributed by atoms with van der Waals surface area (Å²) < 4.78 is 7.86. The van der Waals surface area contributed by atoms with Crippen molar-refractivity contribution in [1.82, 2.24) is 9.55 Å².